The standard InChI is InChI=1S/C24H26O6/c1-4-29-22(25)12-6-17-14-18(7-13-23(26)30-5-2)16-20(15-17)24(27)19-8-10-21(28-3)11-9-19/h6-16,24,27H,4-5H2,1-3H3/b12-6+,13-7+/t24-/m0/s1. The smallest absolute Gasteiger partial charge is 0.330 e. The molecule has 0 fully saturated rings. The van der Waals surface area contributed by atoms with E-state index in [1.165, 1.54) is 12.2 Å². The zero-order valence-electron chi connectivity index (χ0n) is 17.3. The van der Waals surface area contributed by atoms with Crippen LogP contribution in [-0.2, 0) is 19.1 Å². The largest absolute Gasteiger partial charge is 0.497 e. The van der Waals surface area contributed by atoms with Gasteiger partial charge in [0.1, 0.15) is 11.9 Å². The van der Waals surface area contributed by atoms with Crippen LogP contribution in [0.15, 0.2) is 54.6 Å². The van der Waals surface area contributed by atoms with E-state index in [1.807, 2.05) is 0 Å². The van der Waals surface area contributed by atoms with E-state index in [0.717, 1.165) is 0 Å². The summed E-state index contributed by atoms with van der Waals surface area (Å²) >= 11 is 0. The second kappa shape index (κ2) is 11.6. The van der Waals surface area contributed by atoms with E-state index >= 15 is 0 Å². The lowest BCUT2D eigenvalue weighted by molar-refractivity contribution is -0.138. The van der Waals surface area contributed by atoms with Crippen LogP contribution in [-0.4, -0.2) is 37.4 Å². The minimum Gasteiger partial charge on any atom is -0.497 e. The molecular formula is C24H26O6. The molecule has 2 rings (SSSR count). The molecule has 0 amide bonds. The van der Waals surface area contributed by atoms with E-state index < -0.39 is 18.0 Å². The van der Waals surface area contributed by atoms with E-state index in [0.29, 0.717) is 28.0 Å². The molecule has 0 aliphatic rings. The Morgan fingerprint density at radius 2 is 1.37 bits per heavy atom. The number of carbonyl (C=O) groups is 2. The number of esters is 2. The lowest BCUT2D eigenvalue weighted by Crippen LogP contribution is -2.02. The number of aliphatic hydroxyl groups excluding tert-OH is 1. The number of carbonyl (C=O) groups excluding carboxylic acids is 2. The molecule has 30 heavy (non-hydrogen) atoms. The van der Waals surface area contributed by atoms with Crippen molar-refractivity contribution in [1.29, 1.82) is 0 Å². The first-order valence-electron chi connectivity index (χ1n) is 9.63. The molecule has 2 aromatic carbocycles. The van der Waals surface area contributed by atoms with Crippen LogP contribution in [0.4, 0.5) is 0 Å². The van der Waals surface area contributed by atoms with Crippen LogP contribution in [0.2, 0.25) is 0 Å². The van der Waals surface area contributed by atoms with Crippen LogP contribution >= 0.6 is 0 Å². The van der Waals surface area contributed by atoms with Crippen molar-refractivity contribution in [3.8, 4) is 5.75 Å². The van der Waals surface area contributed by atoms with Crippen LogP contribution in [0, 0.1) is 0 Å². The normalized spacial score (nSPS) is 12.1. The van der Waals surface area contributed by atoms with Gasteiger partial charge in [0.25, 0.3) is 0 Å². The van der Waals surface area contributed by atoms with Crippen molar-refractivity contribution in [3.63, 3.8) is 0 Å². The van der Waals surface area contributed by atoms with Gasteiger partial charge in [0.2, 0.25) is 0 Å². The molecule has 0 saturated carbocycles. The van der Waals surface area contributed by atoms with Gasteiger partial charge in [0, 0.05) is 12.2 Å². The maximum Gasteiger partial charge on any atom is 0.330 e. The Labute approximate surface area is 176 Å². The van der Waals surface area contributed by atoms with E-state index in [9.17, 15) is 14.7 Å². The highest BCUT2D eigenvalue weighted by atomic mass is 16.5. The SMILES string of the molecule is CCOC(=O)/C=C/c1cc(/C=C/C(=O)OCC)cc([C@@H](O)c2ccc(OC)cc2)c1. The summed E-state index contributed by atoms with van der Waals surface area (Å²) in [5.74, 6) is -0.223. The van der Waals surface area contributed by atoms with Crippen molar-refractivity contribution in [1.82, 2.24) is 0 Å². The summed E-state index contributed by atoms with van der Waals surface area (Å²) in [5, 5.41) is 10.9. The van der Waals surface area contributed by atoms with Crippen molar-refractivity contribution < 1.29 is 28.9 Å². The van der Waals surface area contributed by atoms with E-state index in [-0.39, 0.29) is 13.2 Å². The number of ether oxygens (including phenoxy) is 3. The first-order chi connectivity index (χ1) is 14.5. The van der Waals surface area contributed by atoms with Gasteiger partial charge >= 0.3 is 11.9 Å². The summed E-state index contributed by atoms with van der Waals surface area (Å²) in [5.41, 5.74) is 2.64. The first kappa shape index (κ1) is 22.9. The molecule has 6 nitrogen and oxygen atoms in total. The molecule has 0 radical (unpaired) electrons. The molecule has 6 heteroatoms. The third-order valence-electron chi connectivity index (χ3n) is 4.14. The third-order valence-corrected chi connectivity index (χ3v) is 4.14. The average Bonchev–Trinajstić information content (AvgIpc) is 2.76. The summed E-state index contributed by atoms with van der Waals surface area (Å²) < 4.78 is 15.0. The topological polar surface area (TPSA) is 82.1 Å². The van der Waals surface area contributed by atoms with Crippen LogP contribution in [0.1, 0.15) is 42.2 Å². The second-order valence-corrected chi connectivity index (χ2v) is 6.28. The number of hydrogen-bond acceptors (Lipinski definition) is 6. The average molecular weight is 410 g/mol. The lowest BCUT2D eigenvalue weighted by Gasteiger charge is -2.14. The molecule has 0 unspecified atom stereocenters. The summed E-state index contributed by atoms with van der Waals surface area (Å²) in [7, 11) is 1.58. The maximum absolute atomic E-state index is 11.6. The fraction of sp³-hybridized carbons (Fsp3) is 0.250. The van der Waals surface area contributed by atoms with Crippen molar-refractivity contribution in [2.24, 2.45) is 0 Å². The summed E-state index contributed by atoms with van der Waals surface area (Å²) in [6.07, 6.45) is 4.94. The maximum atomic E-state index is 11.6. The van der Waals surface area contributed by atoms with Gasteiger partial charge in [0.05, 0.1) is 20.3 Å². The monoisotopic (exact) mass is 410 g/mol. The minimum absolute atomic E-state index is 0.285. The molecule has 158 valence electrons. The Hall–Kier alpha value is -3.38. The summed E-state index contributed by atoms with van der Waals surface area (Å²) in [6.45, 7) is 4.03. The Morgan fingerprint density at radius 3 is 1.80 bits per heavy atom. The van der Waals surface area contributed by atoms with Crippen LogP contribution in [0.25, 0.3) is 12.2 Å². The Morgan fingerprint density at radius 1 is 0.867 bits per heavy atom. The molecule has 1 N–H and O–H groups in total. The molecule has 0 aliphatic carbocycles. The quantitative estimate of drug-likeness (QED) is 0.498. The lowest BCUT2D eigenvalue weighted by atomic mass is 9.96. The van der Waals surface area contributed by atoms with Gasteiger partial charge < -0.3 is 19.3 Å². The van der Waals surface area contributed by atoms with Gasteiger partial charge in [-0.2, -0.15) is 0 Å². The highest BCUT2D eigenvalue weighted by Crippen LogP contribution is 2.26. The Kier molecular flexibility index (Phi) is 8.84. The fourth-order valence-corrected chi connectivity index (χ4v) is 2.74. The number of aliphatic hydroxyl groups is 1. The zero-order valence-corrected chi connectivity index (χ0v) is 17.3. The van der Waals surface area contributed by atoms with Gasteiger partial charge in [-0.1, -0.05) is 12.1 Å². The Bertz CT molecular complexity index is 866. The van der Waals surface area contributed by atoms with Crippen molar-refractivity contribution >= 4 is 24.1 Å². The van der Waals surface area contributed by atoms with Crippen molar-refractivity contribution in [3.05, 3.63) is 76.9 Å². The van der Waals surface area contributed by atoms with Gasteiger partial charge in [-0.15, -0.1) is 0 Å². The Balaban J connectivity index is 2.38. The molecule has 1 atom stereocenters. The molecule has 0 heterocycles. The molecule has 0 aliphatic heterocycles. The summed E-state index contributed by atoms with van der Waals surface area (Å²) in [4.78, 5) is 23.3. The highest BCUT2D eigenvalue weighted by Gasteiger charge is 2.12. The molecule has 0 bridgehead atoms. The predicted molar refractivity (Wildman–Crippen MR) is 115 cm³/mol. The predicted octanol–water partition coefficient (Wildman–Crippen LogP) is 3.93. The van der Waals surface area contributed by atoms with Crippen molar-refractivity contribution in [2.45, 2.75) is 20.0 Å². The molecule has 0 aromatic heterocycles. The molecular weight excluding hydrogens is 384 g/mol. The molecule has 0 spiro atoms. The van der Waals surface area contributed by atoms with Gasteiger partial charge in [0.15, 0.2) is 0 Å². The van der Waals surface area contributed by atoms with E-state index in [4.69, 9.17) is 14.2 Å². The van der Waals surface area contributed by atoms with Crippen LogP contribution in [0.3, 0.4) is 0 Å². The van der Waals surface area contributed by atoms with E-state index in [2.05, 4.69) is 0 Å². The summed E-state index contributed by atoms with van der Waals surface area (Å²) in [6, 6.07) is 12.4. The molecule has 2 aromatic rings. The van der Waals surface area contributed by atoms with Crippen LogP contribution in [0.5, 0.6) is 5.75 Å². The number of hydrogen-bond donors (Lipinski definition) is 1. The van der Waals surface area contributed by atoms with Gasteiger partial charge in [-0.3, -0.25) is 0 Å². The highest BCUT2D eigenvalue weighted by molar-refractivity contribution is 5.88. The number of rotatable bonds is 9. The van der Waals surface area contributed by atoms with Crippen molar-refractivity contribution in [2.75, 3.05) is 20.3 Å². The van der Waals surface area contributed by atoms with Gasteiger partial charge in [-0.25, -0.2) is 9.59 Å². The van der Waals surface area contributed by atoms with E-state index in [1.54, 1.807) is 75.6 Å². The first-order valence-corrected chi connectivity index (χ1v) is 9.63. The van der Waals surface area contributed by atoms with Gasteiger partial charge in [-0.05, 0) is 78.6 Å². The number of benzene rings is 2. The fourth-order valence-electron chi connectivity index (χ4n) is 2.74. The third kappa shape index (κ3) is 6.90. The minimum atomic E-state index is -0.901. The van der Waals surface area contributed by atoms with Crippen LogP contribution < -0.4 is 4.74 Å². The second-order valence-electron chi connectivity index (χ2n) is 6.28. The molecule has 0 saturated heterocycles. The number of methoxy groups -OCH3 is 1. The zero-order chi connectivity index (χ0) is 21.9.